The van der Waals surface area contributed by atoms with E-state index >= 15 is 0 Å². The number of aromatic nitrogens is 2. The van der Waals surface area contributed by atoms with Crippen molar-refractivity contribution in [3.63, 3.8) is 0 Å². The lowest BCUT2D eigenvalue weighted by molar-refractivity contribution is 0.0944. The van der Waals surface area contributed by atoms with Gasteiger partial charge in [0.1, 0.15) is 12.0 Å². The minimum Gasteiger partial charge on any atom is -0.347 e. The van der Waals surface area contributed by atoms with Crippen LogP contribution in [0, 0.1) is 0 Å². The van der Waals surface area contributed by atoms with Crippen molar-refractivity contribution in [1.82, 2.24) is 15.3 Å². The van der Waals surface area contributed by atoms with E-state index in [2.05, 4.69) is 15.3 Å². The van der Waals surface area contributed by atoms with E-state index in [0.29, 0.717) is 5.69 Å². The molecular formula is C16H18N4O3S. The summed E-state index contributed by atoms with van der Waals surface area (Å²) < 4.78 is 22.5. The maximum atomic E-state index is 12.4. The zero-order valence-electron chi connectivity index (χ0n) is 13.0. The van der Waals surface area contributed by atoms with E-state index < -0.39 is 10.0 Å². The van der Waals surface area contributed by atoms with Crippen LogP contribution < -0.4 is 10.5 Å². The van der Waals surface area contributed by atoms with Crippen molar-refractivity contribution in [2.24, 2.45) is 5.14 Å². The van der Waals surface area contributed by atoms with Crippen molar-refractivity contribution >= 4 is 15.9 Å². The molecule has 1 aliphatic rings. The second-order valence-corrected chi connectivity index (χ2v) is 7.29. The molecule has 1 amide bonds. The third kappa shape index (κ3) is 3.60. The number of nitrogens with zero attached hydrogens (tertiary/aromatic N) is 2. The van der Waals surface area contributed by atoms with E-state index in [4.69, 9.17) is 5.14 Å². The normalized spacial score (nSPS) is 14.0. The fraction of sp³-hybridized carbons (Fsp3) is 0.312. The maximum Gasteiger partial charge on any atom is 0.270 e. The summed E-state index contributed by atoms with van der Waals surface area (Å²) in [7, 11) is -3.71. The van der Waals surface area contributed by atoms with Crippen LogP contribution in [-0.2, 0) is 29.4 Å². The number of primary sulfonamides is 1. The minimum absolute atomic E-state index is 0.0439. The third-order valence-electron chi connectivity index (χ3n) is 4.04. The van der Waals surface area contributed by atoms with Gasteiger partial charge in [-0.2, -0.15) is 0 Å². The Balaban J connectivity index is 1.70. The molecule has 126 valence electrons. The molecule has 8 heteroatoms. The number of aryl methyl sites for hydroxylation is 1. The summed E-state index contributed by atoms with van der Waals surface area (Å²) in [6.45, 7) is 0.280. The number of hydrogen-bond acceptors (Lipinski definition) is 5. The van der Waals surface area contributed by atoms with Gasteiger partial charge in [0, 0.05) is 17.8 Å². The first-order valence-electron chi connectivity index (χ1n) is 7.68. The van der Waals surface area contributed by atoms with Gasteiger partial charge in [-0.1, -0.05) is 12.1 Å². The van der Waals surface area contributed by atoms with Gasteiger partial charge < -0.3 is 5.32 Å². The molecule has 0 fully saturated rings. The number of amides is 1. The number of carbonyl (C=O) groups is 1. The van der Waals surface area contributed by atoms with Crippen LogP contribution >= 0.6 is 0 Å². The molecule has 2 aromatic rings. The topological polar surface area (TPSA) is 115 Å². The molecule has 0 aliphatic heterocycles. The summed E-state index contributed by atoms with van der Waals surface area (Å²) in [6, 6.07) is 6.08. The Morgan fingerprint density at radius 3 is 2.54 bits per heavy atom. The van der Waals surface area contributed by atoms with Crippen LogP contribution in [-0.4, -0.2) is 24.3 Å². The lowest BCUT2D eigenvalue weighted by atomic mass is 9.94. The van der Waals surface area contributed by atoms with Gasteiger partial charge in [-0.05, 0) is 43.4 Å². The second-order valence-electron chi connectivity index (χ2n) is 5.73. The highest BCUT2D eigenvalue weighted by molar-refractivity contribution is 7.89. The molecule has 0 saturated heterocycles. The molecule has 3 N–H and O–H groups in total. The van der Waals surface area contributed by atoms with Crippen molar-refractivity contribution in [3.8, 4) is 0 Å². The minimum atomic E-state index is -3.71. The van der Waals surface area contributed by atoms with Crippen LogP contribution in [0.1, 0.15) is 40.2 Å². The van der Waals surface area contributed by atoms with Gasteiger partial charge in [0.15, 0.2) is 0 Å². The summed E-state index contributed by atoms with van der Waals surface area (Å²) >= 11 is 0. The Kier molecular flexibility index (Phi) is 4.59. The van der Waals surface area contributed by atoms with E-state index in [9.17, 15) is 13.2 Å². The number of nitrogens with one attached hydrogen (secondary N) is 1. The van der Waals surface area contributed by atoms with Gasteiger partial charge in [0.25, 0.3) is 5.91 Å². The Labute approximate surface area is 140 Å². The van der Waals surface area contributed by atoms with Crippen molar-refractivity contribution in [2.45, 2.75) is 37.1 Å². The SMILES string of the molecule is NS(=O)(=O)c1ccc(CNC(=O)c2ncnc3c2CCCC3)cc1. The van der Waals surface area contributed by atoms with Crippen LogP contribution in [0.5, 0.6) is 0 Å². The van der Waals surface area contributed by atoms with Crippen LogP contribution in [0.15, 0.2) is 35.5 Å². The Morgan fingerprint density at radius 1 is 1.12 bits per heavy atom. The van der Waals surface area contributed by atoms with Gasteiger partial charge in [-0.15, -0.1) is 0 Å². The second kappa shape index (κ2) is 6.66. The molecule has 0 radical (unpaired) electrons. The Hall–Kier alpha value is -2.32. The van der Waals surface area contributed by atoms with Crippen molar-refractivity contribution < 1.29 is 13.2 Å². The first-order valence-corrected chi connectivity index (χ1v) is 9.22. The Bertz CT molecular complexity index is 863. The molecule has 3 rings (SSSR count). The predicted molar refractivity (Wildman–Crippen MR) is 87.7 cm³/mol. The standard InChI is InChI=1S/C16H18N4O3S/c17-24(22,23)12-7-5-11(6-8-12)9-18-16(21)15-13-3-1-2-4-14(13)19-10-20-15/h5-8,10H,1-4,9H2,(H,18,21)(H2,17,22,23). The average Bonchev–Trinajstić information content (AvgIpc) is 2.59. The fourth-order valence-corrected chi connectivity index (χ4v) is 3.30. The molecule has 1 heterocycles. The number of sulfonamides is 1. The summed E-state index contributed by atoms with van der Waals surface area (Å²) in [6.07, 6.45) is 5.26. The zero-order chi connectivity index (χ0) is 17.2. The molecule has 0 bridgehead atoms. The number of benzene rings is 1. The average molecular weight is 346 g/mol. The number of rotatable bonds is 4. The molecular weight excluding hydrogens is 328 g/mol. The van der Waals surface area contributed by atoms with Crippen molar-refractivity contribution in [1.29, 1.82) is 0 Å². The third-order valence-corrected chi connectivity index (χ3v) is 4.97. The summed E-state index contributed by atoms with van der Waals surface area (Å²) in [5, 5.41) is 7.87. The monoisotopic (exact) mass is 346 g/mol. The first-order chi connectivity index (χ1) is 11.4. The number of carbonyl (C=O) groups excluding carboxylic acids is 1. The highest BCUT2D eigenvalue weighted by atomic mass is 32.2. The lowest BCUT2D eigenvalue weighted by Gasteiger charge is -2.16. The molecule has 0 spiro atoms. The molecule has 0 atom stereocenters. The van der Waals surface area contributed by atoms with E-state index in [0.717, 1.165) is 42.5 Å². The fourth-order valence-electron chi connectivity index (χ4n) is 2.78. The summed E-state index contributed by atoms with van der Waals surface area (Å²) in [4.78, 5) is 20.8. The molecule has 0 unspecified atom stereocenters. The lowest BCUT2D eigenvalue weighted by Crippen LogP contribution is -2.26. The van der Waals surface area contributed by atoms with Gasteiger partial charge in [0.2, 0.25) is 10.0 Å². The van der Waals surface area contributed by atoms with Crippen molar-refractivity contribution in [3.05, 3.63) is 53.1 Å². The van der Waals surface area contributed by atoms with Gasteiger partial charge in [-0.3, -0.25) is 4.79 Å². The quantitative estimate of drug-likeness (QED) is 0.854. The number of fused-ring (bicyclic) bond motifs is 1. The highest BCUT2D eigenvalue weighted by Gasteiger charge is 2.19. The predicted octanol–water partition coefficient (Wildman–Crippen LogP) is 0.933. The van der Waals surface area contributed by atoms with Gasteiger partial charge in [-0.25, -0.2) is 23.5 Å². The molecule has 0 saturated carbocycles. The van der Waals surface area contributed by atoms with Crippen LogP contribution in [0.4, 0.5) is 0 Å². The Morgan fingerprint density at radius 2 is 1.83 bits per heavy atom. The first kappa shape index (κ1) is 16.5. The van der Waals surface area contributed by atoms with Crippen LogP contribution in [0.2, 0.25) is 0 Å². The number of hydrogen-bond donors (Lipinski definition) is 2. The zero-order valence-corrected chi connectivity index (χ0v) is 13.8. The highest BCUT2D eigenvalue weighted by Crippen LogP contribution is 2.21. The van der Waals surface area contributed by atoms with E-state index in [1.54, 1.807) is 12.1 Å². The van der Waals surface area contributed by atoms with E-state index in [1.807, 2.05) is 0 Å². The molecule has 1 aliphatic carbocycles. The summed E-state index contributed by atoms with van der Waals surface area (Å²) in [5.74, 6) is -0.244. The number of nitrogens with two attached hydrogens (primary N) is 1. The smallest absolute Gasteiger partial charge is 0.270 e. The maximum absolute atomic E-state index is 12.4. The summed E-state index contributed by atoms with van der Waals surface area (Å²) in [5.41, 5.74) is 3.10. The van der Waals surface area contributed by atoms with E-state index in [1.165, 1.54) is 18.5 Å². The molecule has 24 heavy (non-hydrogen) atoms. The molecule has 1 aromatic carbocycles. The van der Waals surface area contributed by atoms with Crippen molar-refractivity contribution in [2.75, 3.05) is 0 Å². The largest absolute Gasteiger partial charge is 0.347 e. The van der Waals surface area contributed by atoms with Crippen LogP contribution in [0.3, 0.4) is 0 Å². The van der Waals surface area contributed by atoms with E-state index in [-0.39, 0.29) is 17.3 Å². The molecule has 1 aromatic heterocycles. The molecule has 7 nitrogen and oxygen atoms in total. The van der Waals surface area contributed by atoms with Gasteiger partial charge >= 0.3 is 0 Å². The van der Waals surface area contributed by atoms with Crippen LogP contribution in [0.25, 0.3) is 0 Å². The van der Waals surface area contributed by atoms with Gasteiger partial charge in [0.05, 0.1) is 4.90 Å².